The standard InChI is InChI=1S/C15H24ClNO2/c1-4-8-18-14-11-15(19-9-5-2)13(16)10-12(14)6-7-17-3/h10-11,17H,4-9H2,1-3H3. The second kappa shape index (κ2) is 9.05. The minimum absolute atomic E-state index is 0.656. The monoisotopic (exact) mass is 285 g/mol. The van der Waals surface area contributed by atoms with Crippen LogP contribution >= 0.6 is 11.6 Å². The van der Waals surface area contributed by atoms with Crippen LogP contribution in [0.25, 0.3) is 0 Å². The molecule has 0 saturated carbocycles. The molecule has 0 aliphatic carbocycles. The van der Waals surface area contributed by atoms with Crippen molar-refractivity contribution in [2.24, 2.45) is 0 Å². The average Bonchev–Trinajstić information content (AvgIpc) is 2.42. The molecule has 0 bridgehead atoms. The van der Waals surface area contributed by atoms with Crippen molar-refractivity contribution in [1.82, 2.24) is 5.32 Å². The molecule has 0 radical (unpaired) electrons. The van der Waals surface area contributed by atoms with Crippen LogP contribution in [0.5, 0.6) is 11.5 Å². The molecule has 0 spiro atoms. The summed E-state index contributed by atoms with van der Waals surface area (Å²) in [6.07, 6.45) is 2.84. The molecule has 1 rings (SSSR count). The Morgan fingerprint density at radius 2 is 1.68 bits per heavy atom. The van der Waals surface area contributed by atoms with Gasteiger partial charge in [0.1, 0.15) is 11.5 Å². The summed E-state index contributed by atoms with van der Waals surface area (Å²) in [4.78, 5) is 0. The summed E-state index contributed by atoms with van der Waals surface area (Å²) in [5.41, 5.74) is 1.12. The topological polar surface area (TPSA) is 30.5 Å². The molecule has 3 nitrogen and oxygen atoms in total. The van der Waals surface area contributed by atoms with E-state index in [-0.39, 0.29) is 0 Å². The van der Waals surface area contributed by atoms with Crippen LogP contribution in [0.1, 0.15) is 32.3 Å². The van der Waals surface area contributed by atoms with Crippen molar-refractivity contribution in [1.29, 1.82) is 0 Å². The lowest BCUT2D eigenvalue weighted by Crippen LogP contribution is -2.11. The van der Waals surface area contributed by atoms with E-state index < -0.39 is 0 Å². The first-order valence-electron chi connectivity index (χ1n) is 6.95. The van der Waals surface area contributed by atoms with Crippen LogP contribution in [0.4, 0.5) is 0 Å². The van der Waals surface area contributed by atoms with Crippen molar-refractivity contribution in [3.05, 3.63) is 22.7 Å². The molecule has 4 heteroatoms. The van der Waals surface area contributed by atoms with Gasteiger partial charge in [0, 0.05) is 6.07 Å². The van der Waals surface area contributed by atoms with Crippen LogP contribution in [-0.4, -0.2) is 26.8 Å². The number of nitrogens with one attached hydrogen (secondary N) is 1. The van der Waals surface area contributed by atoms with Crippen LogP contribution in [0.2, 0.25) is 5.02 Å². The van der Waals surface area contributed by atoms with Gasteiger partial charge in [-0.1, -0.05) is 25.4 Å². The molecule has 19 heavy (non-hydrogen) atoms. The Morgan fingerprint density at radius 3 is 2.26 bits per heavy atom. The lowest BCUT2D eigenvalue weighted by molar-refractivity contribution is 0.299. The van der Waals surface area contributed by atoms with Gasteiger partial charge in [-0.05, 0) is 44.5 Å². The zero-order valence-electron chi connectivity index (χ0n) is 12.1. The summed E-state index contributed by atoms with van der Waals surface area (Å²) in [6, 6.07) is 3.87. The zero-order valence-corrected chi connectivity index (χ0v) is 12.8. The molecule has 0 atom stereocenters. The Hall–Kier alpha value is -0.930. The van der Waals surface area contributed by atoms with Crippen LogP contribution in [0.15, 0.2) is 12.1 Å². The predicted molar refractivity (Wildman–Crippen MR) is 80.7 cm³/mol. The van der Waals surface area contributed by atoms with Gasteiger partial charge < -0.3 is 14.8 Å². The minimum atomic E-state index is 0.656. The zero-order chi connectivity index (χ0) is 14.1. The Labute approximate surface area is 121 Å². The Kier molecular flexibility index (Phi) is 7.68. The first-order chi connectivity index (χ1) is 9.22. The highest BCUT2D eigenvalue weighted by Crippen LogP contribution is 2.33. The number of hydrogen-bond acceptors (Lipinski definition) is 3. The first kappa shape index (κ1) is 16.1. The largest absolute Gasteiger partial charge is 0.493 e. The minimum Gasteiger partial charge on any atom is -0.493 e. The third kappa shape index (κ3) is 5.29. The van der Waals surface area contributed by atoms with Crippen molar-refractivity contribution in [3.63, 3.8) is 0 Å². The quantitative estimate of drug-likeness (QED) is 0.751. The average molecular weight is 286 g/mol. The smallest absolute Gasteiger partial charge is 0.141 e. The lowest BCUT2D eigenvalue weighted by atomic mass is 10.1. The van der Waals surface area contributed by atoms with E-state index in [9.17, 15) is 0 Å². The van der Waals surface area contributed by atoms with Gasteiger partial charge in [0.2, 0.25) is 0 Å². The summed E-state index contributed by atoms with van der Waals surface area (Å²) in [6.45, 7) is 6.44. The van der Waals surface area contributed by atoms with Crippen molar-refractivity contribution in [2.45, 2.75) is 33.1 Å². The SMILES string of the molecule is CCCOc1cc(OCCC)c(CCNC)cc1Cl. The van der Waals surface area contributed by atoms with Gasteiger partial charge >= 0.3 is 0 Å². The first-order valence-corrected chi connectivity index (χ1v) is 7.33. The second-order valence-electron chi connectivity index (χ2n) is 4.44. The molecule has 1 N–H and O–H groups in total. The van der Waals surface area contributed by atoms with Crippen molar-refractivity contribution < 1.29 is 9.47 Å². The van der Waals surface area contributed by atoms with E-state index in [1.807, 2.05) is 19.2 Å². The van der Waals surface area contributed by atoms with Gasteiger partial charge in [-0.2, -0.15) is 0 Å². The molecule has 0 aliphatic heterocycles. The van der Waals surface area contributed by atoms with Gasteiger partial charge in [-0.25, -0.2) is 0 Å². The molecule has 1 aromatic rings. The molecule has 0 amide bonds. The van der Waals surface area contributed by atoms with Crippen LogP contribution in [0, 0.1) is 0 Å². The molecule has 0 aliphatic rings. The summed E-state index contributed by atoms with van der Waals surface area (Å²) in [5, 5.41) is 3.79. The molecule has 0 saturated heterocycles. The maximum Gasteiger partial charge on any atom is 0.141 e. The fourth-order valence-electron chi connectivity index (χ4n) is 1.70. The number of hydrogen-bond donors (Lipinski definition) is 1. The Morgan fingerprint density at radius 1 is 1.05 bits per heavy atom. The lowest BCUT2D eigenvalue weighted by Gasteiger charge is -2.15. The predicted octanol–water partition coefficient (Wildman–Crippen LogP) is 3.68. The van der Waals surface area contributed by atoms with Crippen molar-refractivity contribution in [3.8, 4) is 11.5 Å². The van der Waals surface area contributed by atoms with E-state index in [1.165, 1.54) is 0 Å². The van der Waals surface area contributed by atoms with E-state index in [1.54, 1.807) is 0 Å². The molecule has 0 fully saturated rings. The molecular weight excluding hydrogens is 262 g/mol. The van der Waals surface area contributed by atoms with E-state index in [0.29, 0.717) is 24.0 Å². The van der Waals surface area contributed by atoms with Crippen LogP contribution in [0.3, 0.4) is 0 Å². The van der Waals surface area contributed by atoms with Crippen molar-refractivity contribution in [2.75, 3.05) is 26.8 Å². The van der Waals surface area contributed by atoms with Crippen LogP contribution < -0.4 is 14.8 Å². The summed E-state index contributed by atoms with van der Waals surface area (Å²) in [7, 11) is 1.94. The number of benzene rings is 1. The van der Waals surface area contributed by atoms with Gasteiger partial charge in [0.05, 0.1) is 18.2 Å². The van der Waals surface area contributed by atoms with Gasteiger partial charge in [-0.15, -0.1) is 0 Å². The van der Waals surface area contributed by atoms with Crippen molar-refractivity contribution >= 4 is 11.6 Å². The Balaban J connectivity index is 2.91. The van der Waals surface area contributed by atoms with E-state index in [4.69, 9.17) is 21.1 Å². The van der Waals surface area contributed by atoms with Gasteiger partial charge in [0.25, 0.3) is 0 Å². The van der Waals surface area contributed by atoms with Crippen LogP contribution in [-0.2, 0) is 6.42 Å². The third-order valence-corrected chi connectivity index (χ3v) is 2.98. The van der Waals surface area contributed by atoms with E-state index in [0.717, 1.165) is 37.1 Å². The second-order valence-corrected chi connectivity index (χ2v) is 4.85. The highest BCUT2D eigenvalue weighted by atomic mass is 35.5. The number of rotatable bonds is 9. The molecule has 1 aromatic carbocycles. The molecule has 0 heterocycles. The number of ether oxygens (including phenoxy) is 2. The number of likely N-dealkylation sites (N-methyl/N-ethyl adjacent to an activating group) is 1. The highest BCUT2D eigenvalue weighted by Gasteiger charge is 2.10. The molecular formula is C15H24ClNO2. The van der Waals surface area contributed by atoms with Gasteiger partial charge in [0.15, 0.2) is 0 Å². The number of halogens is 1. The fraction of sp³-hybridized carbons (Fsp3) is 0.600. The summed E-state index contributed by atoms with van der Waals surface area (Å²) >= 11 is 6.25. The van der Waals surface area contributed by atoms with E-state index >= 15 is 0 Å². The molecule has 108 valence electrons. The normalized spacial score (nSPS) is 10.5. The third-order valence-electron chi connectivity index (χ3n) is 2.68. The summed E-state index contributed by atoms with van der Waals surface area (Å²) < 4.78 is 11.4. The summed E-state index contributed by atoms with van der Waals surface area (Å²) in [5.74, 6) is 1.59. The Bertz CT molecular complexity index is 383. The molecule has 0 aromatic heterocycles. The van der Waals surface area contributed by atoms with Gasteiger partial charge in [-0.3, -0.25) is 0 Å². The molecule has 0 unspecified atom stereocenters. The van der Waals surface area contributed by atoms with E-state index in [2.05, 4.69) is 19.2 Å². The highest BCUT2D eigenvalue weighted by molar-refractivity contribution is 6.32. The fourth-order valence-corrected chi connectivity index (χ4v) is 1.94. The maximum absolute atomic E-state index is 6.25. The maximum atomic E-state index is 6.25.